The van der Waals surface area contributed by atoms with E-state index in [-0.39, 0.29) is 30.4 Å². The molecular weight excluding hydrogens is 452 g/mol. The zero-order chi connectivity index (χ0) is 26.1. The topological polar surface area (TPSA) is 76.5 Å². The highest BCUT2D eigenvalue weighted by Gasteiger charge is 2.23. The average Bonchev–Trinajstić information content (AvgIpc) is 3.27. The van der Waals surface area contributed by atoms with Crippen LogP contribution in [0, 0.1) is 6.92 Å². The number of hydrogen-bond donors (Lipinski definition) is 1. The van der Waals surface area contributed by atoms with Gasteiger partial charge in [0.1, 0.15) is 12.4 Å². The first-order valence-corrected chi connectivity index (χ1v) is 12.5. The number of benzene rings is 2. The van der Waals surface area contributed by atoms with Crippen molar-refractivity contribution in [2.45, 2.75) is 59.5 Å². The summed E-state index contributed by atoms with van der Waals surface area (Å²) in [6.45, 7) is 11.1. The van der Waals surface area contributed by atoms with Crippen molar-refractivity contribution in [2.75, 3.05) is 25.0 Å². The van der Waals surface area contributed by atoms with Gasteiger partial charge in [-0.15, -0.1) is 0 Å². The molecule has 3 rings (SSSR count). The zero-order valence-electron chi connectivity index (χ0n) is 22.1. The van der Waals surface area contributed by atoms with Crippen molar-refractivity contribution in [3.8, 4) is 5.69 Å². The van der Waals surface area contributed by atoms with E-state index < -0.39 is 0 Å². The molecule has 0 aliphatic carbocycles. The summed E-state index contributed by atoms with van der Waals surface area (Å²) in [4.78, 5) is 27.6. The Morgan fingerprint density at radius 3 is 2.39 bits per heavy atom. The van der Waals surface area contributed by atoms with E-state index in [2.05, 4.69) is 33.0 Å². The third-order valence-electron chi connectivity index (χ3n) is 5.83. The first kappa shape index (κ1) is 27.1. The number of hydrogen-bond acceptors (Lipinski definition) is 4. The molecule has 192 valence electrons. The van der Waals surface area contributed by atoms with Gasteiger partial charge in [0.15, 0.2) is 0 Å². The van der Waals surface area contributed by atoms with Gasteiger partial charge in [-0.1, -0.05) is 82.1 Å². The second kappa shape index (κ2) is 12.5. The summed E-state index contributed by atoms with van der Waals surface area (Å²) in [6.07, 6.45) is 1.73. The molecule has 0 saturated carbocycles. The highest BCUT2D eigenvalue weighted by Crippen LogP contribution is 2.26. The SMILES string of the molecule is CCCCN(CC(=O)Nc1cc(C(C)(C)C)nn1-c1ccc(C)cc1)C(=O)COCc1ccccc1. The number of amides is 2. The summed E-state index contributed by atoms with van der Waals surface area (Å²) in [5.74, 6) is 0.116. The molecule has 0 aliphatic rings. The summed E-state index contributed by atoms with van der Waals surface area (Å²) < 4.78 is 7.38. The number of unbranched alkanes of at least 4 members (excludes halogenated alkanes) is 1. The van der Waals surface area contributed by atoms with Gasteiger partial charge >= 0.3 is 0 Å². The maximum atomic E-state index is 13.1. The fraction of sp³-hybridized carbons (Fsp3) is 0.414. The van der Waals surface area contributed by atoms with Gasteiger partial charge in [-0.25, -0.2) is 4.68 Å². The predicted molar refractivity (Wildman–Crippen MR) is 143 cm³/mol. The average molecular weight is 491 g/mol. The number of nitrogens with zero attached hydrogens (tertiary/aromatic N) is 3. The van der Waals surface area contributed by atoms with E-state index in [9.17, 15) is 9.59 Å². The minimum atomic E-state index is -0.267. The predicted octanol–water partition coefficient (Wildman–Crippen LogP) is 5.26. The molecule has 0 fully saturated rings. The van der Waals surface area contributed by atoms with Crippen LogP contribution in [0.25, 0.3) is 5.69 Å². The lowest BCUT2D eigenvalue weighted by Gasteiger charge is -2.22. The van der Waals surface area contributed by atoms with Gasteiger partial charge in [-0.3, -0.25) is 9.59 Å². The van der Waals surface area contributed by atoms with E-state index in [0.29, 0.717) is 19.0 Å². The van der Waals surface area contributed by atoms with Crippen LogP contribution in [-0.4, -0.2) is 46.2 Å². The van der Waals surface area contributed by atoms with Gasteiger partial charge in [0.05, 0.1) is 24.5 Å². The third-order valence-corrected chi connectivity index (χ3v) is 5.83. The Kier molecular flexibility index (Phi) is 9.42. The smallest absolute Gasteiger partial charge is 0.249 e. The van der Waals surface area contributed by atoms with Crippen LogP contribution in [0.15, 0.2) is 60.7 Å². The van der Waals surface area contributed by atoms with E-state index >= 15 is 0 Å². The second-order valence-corrected chi connectivity index (χ2v) is 10.1. The van der Waals surface area contributed by atoms with Gasteiger partial charge in [-0.05, 0) is 31.0 Å². The molecule has 0 atom stereocenters. The first-order chi connectivity index (χ1) is 17.2. The molecular formula is C29H38N4O3. The van der Waals surface area contributed by atoms with Crippen LogP contribution in [0.5, 0.6) is 0 Å². The fourth-order valence-electron chi connectivity index (χ4n) is 3.64. The lowest BCUT2D eigenvalue weighted by Crippen LogP contribution is -2.40. The molecule has 1 aromatic heterocycles. The number of carbonyl (C=O) groups excluding carboxylic acids is 2. The van der Waals surface area contributed by atoms with Crippen LogP contribution in [-0.2, 0) is 26.3 Å². The summed E-state index contributed by atoms with van der Waals surface area (Å²) in [5, 5.41) is 7.76. The molecule has 0 bridgehead atoms. The van der Waals surface area contributed by atoms with Gasteiger partial charge in [-0.2, -0.15) is 5.10 Å². The summed E-state index contributed by atoms with van der Waals surface area (Å²) in [7, 11) is 0. The minimum Gasteiger partial charge on any atom is -0.367 e. The minimum absolute atomic E-state index is 0.0442. The van der Waals surface area contributed by atoms with Gasteiger partial charge < -0.3 is 15.0 Å². The molecule has 7 heteroatoms. The van der Waals surface area contributed by atoms with Crippen molar-refractivity contribution in [1.29, 1.82) is 0 Å². The Labute approximate surface area is 214 Å². The molecule has 1 heterocycles. The van der Waals surface area contributed by atoms with Crippen LogP contribution in [0.4, 0.5) is 5.82 Å². The second-order valence-electron chi connectivity index (χ2n) is 10.1. The van der Waals surface area contributed by atoms with Crippen LogP contribution in [0.2, 0.25) is 0 Å². The number of anilines is 1. The van der Waals surface area contributed by atoms with Crippen molar-refractivity contribution in [2.24, 2.45) is 0 Å². The van der Waals surface area contributed by atoms with Gasteiger partial charge in [0.2, 0.25) is 11.8 Å². The highest BCUT2D eigenvalue weighted by atomic mass is 16.5. The molecule has 0 saturated heterocycles. The van der Waals surface area contributed by atoms with Crippen LogP contribution < -0.4 is 5.32 Å². The lowest BCUT2D eigenvalue weighted by atomic mass is 9.92. The van der Waals surface area contributed by atoms with Gasteiger partial charge in [0.25, 0.3) is 0 Å². The maximum absolute atomic E-state index is 13.1. The highest BCUT2D eigenvalue weighted by molar-refractivity contribution is 5.94. The lowest BCUT2D eigenvalue weighted by molar-refractivity contribution is -0.139. The largest absolute Gasteiger partial charge is 0.367 e. The van der Waals surface area contributed by atoms with E-state index in [1.807, 2.05) is 67.6 Å². The Balaban J connectivity index is 1.70. The van der Waals surface area contributed by atoms with Gasteiger partial charge in [0, 0.05) is 18.0 Å². The molecule has 0 aliphatic heterocycles. The number of aryl methyl sites for hydroxylation is 1. The Bertz CT molecular complexity index is 1130. The molecule has 36 heavy (non-hydrogen) atoms. The Morgan fingerprint density at radius 1 is 1.06 bits per heavy atom. The van der Waals surface area contributed by atoms with Crippen LogP contribution >= 0.6 is 0 Å². The standard InChI is InChI=1S/C29H38N4O3/c1-6-7-17-32(28(35)21-36-20-23-11-9-8-10-12-23)19-27(34)30-26-18-25(29(3,4)5)31-33(26)24-15-13-22(2)14-16-24/h8-16,18H,6-7,17,19-21H2,1-5H3,(H,30,34). The van der Waals surface area contributed by atoms with Crippen molar-refractivity contribution in [3.05, 3.63) is 77.5 Å². The van der Waals surface area contributed by atoms with Crippen molar-refractivity contribution >= 4 is 17.6 Å². The van der Waals surface area contributed by atoms with E-state index in [4.69, 9.17) is 9.84 Å². The molecule has 7 nitrogen and oxygen atoms in total. The van der Waals surface area contributed by atoms with E-state index in [1.54, 1.807) is 9.58 Å². The zero-order valence-corrected chi connectivity index (χ0v) is 22.1. The summed E-state index contributed by atoms with van der Waals surface area (Å²) in [5.41, 5.74) is 3.69. The number of ether oxygens (including phenoxy) is 1. The molecule has 0 spiro atoms. The normalized spacial score (nSPS) is 11.4. The molecule has 2 amide bonds. The summed E-state index contributed by atoms with van der Waals surface area (Å²) >= 11 is 0. The number of rotatable bonds is 11. The molecule has 1 N–H and O–H groups in total. The maximum Gasteiger partial charge on any atom is 0.249 e. The van der Waals surface area contributed by atoms with E-state index in [0.717, 1.165) is 35.3 Å². The molecule has 2 aromatic carbocycles. The van der Waals surface area contributed by atoms with Crippen LogP contribution in [0.1, 0.15) is 57.4 Å². The molecule has 0 unspecified atom stereocenters. The van der Waals surface area contributed by atoms with Crippen molar-refractivity contribution in [3.63, 3.8) is 0 Å². The number of carbonyl (C=O) groups is 2. The van der Waals surface area contributed by atoms with Crippen molar-refractivity contribution < 1.29 is 14.3 Å². The van der Waals surface area contributed by atoms with Crippen LogP contribution in [0.3, 0.4) is 0 Å². The first-order valence-electron chi connectivity index (χ1n) is 12.5. The molecule has 0 radical (unpaired) electrons. The molecule has 3 aromatic rings. The van der Waals surface area contributed by atoms with Crippen molar-refractivity contribution in [1.82, 2.24) is 14.7 Å². The Morgan fingerprint density at radius 2 is 1.75 bits per heavy atom. The van der Waals surface area contributed by atoms with E-state index in [1.165, 1.54) is 0 Å². The quantitative estimate of drug-likeness (QED) is 0.398. The fourth-order valence-corrected chi connectivity index (χ4v) is 3.64. The number of nitrogens with one attached hydrogen (secondary N) is 1. The monoisotopic (exact) mass is 490 g/mol. The summed E-state index contributed by atoms with van der Waals surface area (Å²) in [6, 6.07) is 19.6. The third kappa shape index (κ3) is 7.78. The Hall–Kier alpha value is -3.45. The number of aromatic nitrogens is 2.